The van der Waals surface area contributed by atoms with E-state index in [9.17, 15) is 0 Å². The van der Waals surface area contributed by atoms with Crippen LogP contribution in [-0.4, -0.2) is 6.54 Å². The first-order chi connectivity index (χ1) is 4.83. The fraction of sp³-hybridized carbons (Fsp3) is 0.429. The van der Waals surface area contributed by atoms with Crippen LogP contribution in [0.5, 0.6) is 0 Å². The zero-order chi connectivity index (χ0) is 7.40. The zero-order valence-corrected chi connectivity index (χ0v) is 7.23. The minimum Gasteiger partial charge on any atom is -0.454 e. The Labute approximate surface area is 68.5 Å². The van der Waals surface area contributed by atoms with E-state index in [0.717, 1.165) is 29.8 Å². The average molecular weight is 204 g/mol. The lowest BCUT2D eigenvalue weighted by Gasteiger charge is -1.91. The first-order valence-corrected chi connectivity index (χ1v) is 4.06. The van der Waals surface area contributed by atoms with Gasteiger partial charge in [0.05, 0.1) is 0 Å². The van der Waals surface area contributed by atoms with Crippen molar-refractivity contribution in [1.29, 1.82) is 0 Å². The Bertz CT molecular complexity index is 197. The molecule has 0 aliphatic carbocycles. The molecule has 0 amide bonds. The summed E-state index contributed by atoms with van der Waals surface area (Å²) < 4.78 is 6.04. The van der Waals surface area contributed by atoms with E-state index in [0.29, 0.717) is 0 Å². The molecule has 0 spiro atoms. The van der Waals surface area contributed by atoms with Gasteiger partial charge in [0.15, 0.2) is 4.67 Å². The van der Waals surface area contributed by atoms with E-state index in [1.807, 2.05) is 12.1 Å². The number of aryl methyl sites for hydroxylation is 1. The third-order valence-electron chi connectivity index (χ3n) is 1.26. The van der Waals surface area contributed by atoms with E-state index < -0.39 is 0 Å². The molecule has 2 N–H and O–H groups in total. The Morgan fingerprint density at radius 3 is 2.80 bits per heavy atom. The number of hydrogen-bond acceptors (Lipinski definition) is 2. The molecular formula is C7H10BrNO. The van der Waals surface area contributed by atoms with Crippen molar-refractivity contribution in [3.05, 3.63) is 22.6 Å². The van der Waals surface area contributed by atoms with Gasteiger partial charge in [0.2, 0.25) is 0 Å². The molecule has 0 bridgehead atoms. The van der Waals surface area contributed by atoms with Crippen molar-refractivity contribution in [3.63, 3.8) is 0 Å². The molecule has 0 atom stereocenters. The van der Waals surface area contributed by atoms with Gasteiger partial charge in [0, 0.05) is 6.42 Å². The maximum Gasteiger partial charge on any atom is 0.169 e. The van der Waals surface area contributed by atoms with Crippen LogP contribution in [0.15, 0.2) is 21.2 Å². The molecule has 0 aliphatic heterocycles. The summed E-state index contributed by atoms with van der Waals surface area (Å²) in [5.74, 6) is 0.998. The predicted octanol–water partition coefficient (Wildman–Crippen LogP) is 1.93. The molecule has 0 unspecified atom stereocenters. The first kappa shape index (κ1) is 7.82. The third kappa shape index (κ3) is 2.15. The quantitative estimate of drug-likeness (QED) is 0.816. The van der Waals surface area contributed by atoms with Crippen LogP contribution in [0, 0.1) is 0 Å². The summed E-state index contributed by atoms with van der Waals surface area (Å²) in [6.07, 6.45) is 1.92. The summed E-state index contributed by atoms with van der Waals surface area (Å²) in [7, 11) is 0. The molecule has 0 saturated heterocycles. The monoisotopic (exact) mass is 203 g/mol. The maximum atomic E-state index is 5.33. The van der Waals surface area contributed by atoms with Crippen molar-refractivity contribution in [1.82, 2.24) is 0 Å². The van der Waals surface area contributed by atoms with Crippen molar-refractivity contribution in [2.24, 2.45) is 5.73 Å². The predicted molar refractivity (Wildman–Crippen MR) is 43.8 cm³/mol. The molecule has 0 saturated carbocycles. The van der Waals surface area contributed by atoms with Crippen molar-refractivity contribution in [2.75, 3.05) is 6.54 Å². The summed E-state index contributed by atoms with van der Waals surface area (Å²) in [6, 6.07) is 3.85. The second kappa shape index (κ2) is 3.78. The second-order valence-electron chi connectivity index (χ2n) is 2.10. The number of halogens is 1. The van der Waals surface area contributed by atoms with Gasteiger partial charge in [-0.05, 0) is 41.0 Å². The summed E-state index contributed by atoms with van der Waals surface area (Å²) in [4.78, 5) is 0. The topological polar surface area (TPSA) is 39.2 Å². The highest BCUT2D eigenvalue weighted by Gasteiger charge is 1.96. The van der Waals surface area contributed by atoms with Crippen molar-refractivity contribution < 1.29 is 4.42 Å². The molecule has 2 nitrogen and oxygen atoms in total. The number of rotatable bonds is 3. The Morgan fingerprint density at radius 2 is 2.30 bits per heavy atom. The Morgan fingerprint density at radius 1 is 1.50 bits per heavy atom. The van der Waals surface area contributed by atoms with Gasteiger partial charge in [-0.1, -0.05) is 0 Å². The number of furan rings is 1. The molecule has 10 heavy (non-hydrogen) atoms. The number of hydrogen-bond donors (Lipinski definition) is 1. The van der Waals surface area contributed by atoms with Gasteiger partial charge in [-0.25, -0.2) is 0 Å². The van der Waals surface area contributed by atoms with E-state index in [4.69, 9.17) is 10.2 Å². The summed E-state index contributed by atoms with van der Waals surface area (Å²) >= 11 is 3.23. The molecule has 0 aliphatic rings. The first-order valence-electron chi connectivity index (χ1n) is 3.27. The molecule has 1 heterocycles. The van der Waals surface area contributed by atoms with Crippen molar-refractivity contribution in [3.8, 4) is 0 Å². The SMILES string of the molecule is NCCCc1ccc(Br)o1. The number of nitrogens with two attached hydrogens (primary N) is 1. The third-order valence-corrected chi connectivity index (χ3v) is 1.68. The Balaban J connectivity index is 2.42. The van der Waals surface area contributed by atoms with Crippen LogP contribution in [0.25, 0.3) is 0 Å². The molecule has 0 radical (unpaired) electrons. The van der Waals surface area contributed by atoms with E-state index in [-0.39, 0.29) is 0 Å². The van der Waals surface area contributed by atoms with Crippen molar-refractivity contribution in [2.45, 2.75) is 12.8 Å². The van der Waals surface area contributed by atoms with Gasteiger partial charge in [0.25, 0.3) is 0 Å². The molecule has 0 aromatic carbocycles. The smallest absolute Gasteiger partial charge is 0.169 e. The van der Waals surface area contributed by atoms with Crippen LogP contribution in [0.4, 0.5) is 0 Å². The van der Waals surface area contributed by atoms with Crippen LogP contribution < -0.4 is 5.73 Å². The zero-order valence-electron chi connectivity index (χ0n) is 5.64. The fourth-order valence-corrected chi connectivity index (χ4v) is 1.10. The van der Waals surface area contributed by atoms with Gasteiger partial charge in [-0.3, -0.25) is 0 Å². The standard InChI is InChI=1S/C7H10BrNO/c8-7-4-3-6(10-7)2-1-5-9/h3-4H,1-2,5,9H2. The van der Waals surface area contributed by atoms with Crippen LogP contribution in [0.2, 0.25) is 0 Å². The average Bonchev–Trinajstić information content (AvgIpc) is 2.31. The highest BCUT2D eigenvalue weighted by molar-refractivity contribution is 9.10. The highest BCUT2D eigenvalue weighted by atomic mass is 79.9. The molecule has 3 heteroatoms. The van der Waals surface area contributed by atoms with Crippen LogP contribution in [0.1, 0.15) is 12.2 Å². The van der Waals surface area contributed by atoms with Gasteiger partial charge in [0.1, 0.15) is 5.76 Å². The highest BCUT2D eigenvalue weighted by Crippen LogP contribution is 2.14. The maximum absolute atomic E-state index is 5.33. The molecular weight excluding hydrogens is 194 g/mol. The van der Waals surface area contributed by atoms with Gasteiger partial charge in [-0.2, -0.15) is 0 Å². The van der Waals surface area contributed by atoms with E-state index >= 15 is 0 Å². The summed E-state index contributed by atoms with van der Waals surface area (Å²) in [6.45, 7) is 0.721. The minimum absolute atomic E-state index is 0.721. The van der Waals surface area contributed by atoms with E-state index in [1.54, 1.807) is 0 Å². The van der Waals surface area contributed by atoms with Crippen LogP contribution >= 0.6 is 15.9 Å². The van der Waals surface area contributed by atoms with Crippen molar-refractivity contribution >= 4 is 15.9 Å². The molecule has 1 aromatic heterocycles. The minimum atomic E-state index is 0.721. The van der Waals surface area contributed by atoms with Crippen LogP contribution in [-0.2, 0) is 6.42 Å². The lowest BCUT2D eigenvalue weighted by molar-refractivity contribution is 0.482. The van der Waals surface area contributed by atoms with Gasteiger partial charge < -0.3 is 10.2 Å². The molecule has 56 valence electrons. The lowest BCUT2D eigenvalue weighted by atomic mass is 10.2. The second-order valence-corrected chi connectivity index (χ2v) is 2.88. The normalized spacial score (nSPS) is 10.2. The Hall–Kier alpha value is -0.280. The Kier molecular flexibility index (Phi) is 2.96. The van der Waals surface area contributed by atoms with Gasteiger partial charge in [-0.15, -0.1) is 0 Å². The molecule has 1 rings (SSSR count). The fourth-order valence-electron chi connectivity index (χ4n) is 0.762. The van der Waals surface area contributed by atoms with E-state index in [1.165, 1.54) is 0 Å². The summed E-state index contributed by atoms with van der Waals surface area (Å²) in [5, 5.41) is 0. The molecule has 1 aromatic rings. The molecule has 0 fully saturated rings. The van der Waals surface area contributed by atoms with E-state index in [2.05, 4.69) is 15.9 Å². The van der Waals surface area contributed by atoms with Crippen LogP contribution in [0.3, 0.4) is 0 Å². The summed E-state index contributed by atoms with van der Waals surface area (Å²) in [5.41, 5.74) is 5.33. The lowest BCUT2D eigenvalue weighted by Crippen LogP contribution is -1.99. The van der Waals surface area contributed by atoms with Gasteiger partial charge >= 0.3 is 0 Å². The largest absolute Gasteiger partial charge is 0.454 e.